The van der Waals surface area contributed by atoms with Gasteiger partial charge in [0.15, 0.2) is 5.82 Å². The summed E-state index contributed by atoms with van der Waals surface area (Å²) in [5.74, 6) is 0.667. The molecule has 0 saturated carbocycles. The van der Waals surface area contributed by atoms with Gasteiger partial charge in [-0.25, -0.2) is 0 Å². The molecule has 1 amide bonds. The number of aromatic nitrogens is 2. The lowest BCUT2D eigenvalue weighted by molar-refractivity contribution is 0.102. The number of aryl methyl sites for hydroxylation is 1. The van der Waals surface area contributed by atoms with Gasteiger partial charge < -0.3 is 20.1 Å². The third kappa shape index (κ3) is 4.31. The molecule has 7 nitrogen and oxygen atoms in total. The van der Waals surface area contributed by atoms with Crippen molar-refractivity contribution in [2.45, 2.75) is 26.2 Å². The highest BCUT2D eigenvalue weighted by atomic mass is 16.5. The van der Waals surface area contributed by atoms with Crippen molar-refractivity contribution in [3.63, 3.8) is 0 Å². The predicted octanol–water partition coefficient (Wildman–Crippen LogP) is 4.36. The van der Waals surface area contributed by atoms with Gasteiger partial charge in [0.2, 0.25) is 0 Å². The Hall–Kier alpha value is -3.35. The standard InChI is InChI=1S/C21H23N5O2/c1-15-13-20(25-28-15)24-21(27)19-14-17(9-10-22-19)23-16-5-7-18(8-6-16)26-11-3-2-4-12-26/h5-10,13-14H,2-4,11-12H2,1H3,(H,22,23)(H,24,25,27). The van der Waals surface area contributed by atoms with Crippen molar-refractivity contribution in [2.75, 3.05) is 28.6 Å². The maximum absolute atomic E-state index is 12.4. The summed E-state index contributed by atoms with van der Waals surface area (Å²) in [5, 5.41) is 9.76. The van der Waals surface area contributed by atoms with Crippen LogP contribution < -0.4 is 15.5 Å². The molecule has 7 heteroatoms. The van der Waals surface area contributed by atoms with Crippen LogP contribution >= 0.6 is 0 Å². The molecule has 4 rings (SSSR count). The quantitative estimate of drug-likeness (QED) is 0.687. The molecule has 2 aromatic heterocycles. The molecule has 0 spiro atoms. The first kappa shape index (κ1) is 18.0. The largest absolute Gasteiger partial charge is 0.372 e. The number of carbonyl (C=O) groups is 1. The Balaban J connectivity index is 1.42. The van der Waals surface area contributed by atoms with E-state index in [1.807, 2.05) is 6.07 Å². The molecular formula is C21H23N5O2. The van der Waals surface area contributed by atoms with Gasteiger partial charge in [-0.15, -0.1) is 0 Å². The van der Waals surface area contributed by atoms with E-state index in [0.717, 1.165) is 24.5 Å². The first-order valence-electron chi connectivity index (χ1n) is 9.50. The molecule has 0 aliphatic carbocycles. The lowest BCUT2D eigenvalue weighted by Gasteiger charge is -2.28. The summed E-state index contributed by atoms with van der Waals surface area (Å²) in [4.78, 5) is 18.9. The summed E-state index contributed by atoms with van der Waals surface area (Å²) in [6.45, 7) is 4.02. The van der Waals surface area contributed by atoms with E-state index >= 15 is 0 Å². The topological polar surface area (TPSA) is 83.3 Å². The van der Waals surface area contributed by atoms with Crippen molar-refractivity contribution in [2.24, 2.45) is 0 Å². The molecule has 144 valence electrons. The van der Waals surface area contributed by atoms with E-state index in [1.165, 1.54) is 24.9 Å². The van der Waals surface area contributed by atoms with Crippen LogP contribution in [-0.2, 0) is 0 Å². The van der Waals surface area contributed by atoms with E-state index in [2.05, 4.69) is 49.9 Å². The Bertz CT molecular complexity index is 945. The smallest absolute Gasteiger partial charge is 0.275 e. The van der Waals surface area contributed by atoms with Gasteiger partial charge in [0.25, 0.3) is 5.91 Å². The number of rotatable bonds is 5. The van der Waals surface area contributed by atoms with Crippen molar-refractivity contribution < 1.29 is 9.32 Å². The van der Waals surface area contributed by atoms with Gasteiger partial charge in [-0.05, 0) is 62.6 Å². The number of carbonyl (C=O) groups excluding carboxylic acids is 1. The zero-order valence-electron chi connectivity index (χ0n) is 15.8. The Morgan fingerprint density at radius 3 is 2.54 bits per heavy atom. The molecule has 0 bridgehead atoms. The van der Waals surface area contributed by atoms with E-state index < -0.39 is 0 Å². The molecule has 28 heavy (non-hydrogen) atoms. The van der Waals surface area contributed by atoms with Gasteiger partial charge in [-0.3, -0.25) is 9.78 Å². The molecule has 0 radical (unpaired) electrons. The molecule has 1 aromatic carbocycles. The van der Waals surface area contributed by atoms with Gasteiger partial charge in [0, 0.05) is 42.4 Å². The average molecular weight is 377 g/mol. The van der Waals surface area contributed by atoms with Crippen LogP contribution in [0.2, 0.25) is 0 Å². The molecule has 0 unspecified atom stereocenters. The minimum atomic E-state index is -0.336. The van der Waals surface area contributed by atoms with Crippen LogP contribution in [-0.4, -0.2) is 29.1 Å². The fourth-order valence-electron chi connectivity index (χ4n) is 3.31. The first-order chi connectivity index (χ1) is 13.7. The predicted molar refractivity (Wildman–Crippen MR) is 109 cm³/mol. The molecule has 0 atom stereocenters. The molecule has 1 fully saturated rings. The molecule has 1 saturated heterocycles. The highest BCUT2D eigenvalue weighted by molar-refractivity contribution is 6.02. The van der Waals surface area contributed by atoms with E-state index in [4.69, 9.17) is 4.52 Å². The number of hydrogen-bond acceptors (Lipinski definition) is 6. The fourth-order valence-corrected chi connectivity index (χ4v) is 3.31. The number of pyridine rings is 1. The van der Waals surface area contributed by atoms with Crippen LogP contribution in [0.25, 0.3) is 0 Å². The average Bonchev–Trinajstić information content (AvgIpc) is 3.14. The number of nitrogens with one attached hydrogen (secondary N) is 2. The van der Waals surface area contributed by atoms with Crippen molar-refractivity contribution in [1.82, 2.24) is 10.1 Å². The second-order valence-electron chi connectivity index (χ2n) is 6.93. The van der Waals surface area contributed by atoms with E-state index in [-0.39, 0.29) is 5.91 Å². The van der Waals surface area contributed by atoms with Crippen molar-refractivity contribution in [3.05, 3.63) is 60.1 Å². The second-order valence-corrected chi connectivity index (χ2v) is 6.93. The normalized spacial score (nSPS) is 14.0. The number of hydrogen-bond donors (Lipinski definition) is 2. The number of anilines is 4. The summed E-state index contributed by atoms with van der Waals surface area (Å²) in [5.41, 5.74) is 3.31. The Kier molecular flexibility index (Phi) is 5.23. The molecular weight excluding hydrogens is 354 g/mol. The number of amides is 1. The van der Waals surface area contributed by atoms with Crippen LogP contribution in [0.4, 0.5) is 22.9 Å². The minimum absolute atomic E-state index is 0.301. The molecule has 3 aromatic rings. The fraction of sp³-hybridized carbons (Fsp3) is 0.286. The van der Waals surface area contributed by atoms with E-state index in [1.54, 1.807) is 25.3 Å². The Morgan fingerprint density at radius 2 is 1.82 bits per heavy atom. The maximum Gasteiger partial charge on any atom is 0.275 e. The molecule has 1 aliphatic heterocycles. The third-order valence-corrected chi connectivity index (χ3v) is 4.74. The van der Waals surface area contributed by atoms with Crippen molar-refractivity contribution >= 4 is 28.8 Å². The Morgan fingerprint density at radius 1 is 1.04 bits per heavy atom. The van der Waals surface area contributed by atoms with Crippen molar-refractivity contribution in [1.29, 1.82) is 0 Å². The monoisotopic (exact) mass is 377 g/mol. The van der Waals surface area contributed by atoms with Crippen LogP contribution in [0.5, 0.6) is 0 Å². The van der Waals surface area contributed by atoms with Crippen LogP contribution in [0.1, 0.15) is 35.5 Å². The van der Waals surface area contributed by atoms with Gasteiger partial charge >= 0.3 is 0 Å². The van der Waals surface area contributed by atoms with Crippen LogP contribution in [0.3, 0.4) is 0 Å². The zero-order valence-corrected chi connectivity index (χ0v) is 15.8. The summed E-state index contributed by atoms with van der Waals surface area (Å²) in [7, 11) is 0. The summed E-state index contributed by atoms with van der Waals surface area (Å²) in [6, 6.07) is 13.6. The van der Waals surface area contributed by atoms with E-state index in [9.17, 15) is 4.79 Å². The van der Waals surface area contributed by atoms with Gasteiger partial charge in [-0.2, -0.15) is 0 Å². The van der Waals surface area contributed by atoms with Gasteiger partial charge in [0.1, 0.15) is 11.5 Å². The van der Waals surface area contributed by atoms with Crippen LogP contribution in [0.15, 0.2) is 53.2 Å². The summed E-state index contributed by atoms with van der Waals surface area (Å²) in [6.07, 6.45) is 5.45. The second kappa shape index (κ2) is 8.12. The maximum atomic E-state index is 12.4. The zero-order chi connectivity index (χ0) is 19.3. The molecule has 2 N–H and O–H groups in total. The van der Waals surface area contributed by atoms with Crippen LogP contribution in [0, 0.1) is 6.92 Å². The lowest BCUT2D eigenvalue weighted by atomic mass is 10.1. The van der Waals surface area contributed by atoms with Gasteiger partial charge in [-0.1, -0.05) is 5.16 Å². The highest BCUT2D eigenvalue weighted by Crippen LogP contribution is 2.24. The van der Waals surface area contributed by atoms with E-state index in [0.29, 0.717) is 17.3 Å². The lowest BCUT2D eigenvalue weighted by Crippen LogP contribution is -2.29. The summed E-state index contributed by atoms with van der Waals surface area (Å²) >= 11 is 0. The number of benzene rings is 1. The molecule has 1 aliphatic rings. The third-order valence-electron chi connectivity index (χ3n) is 4.74. The highest BCUT2D eigenvalue weighted by Gasteiger charge is 2.12. The number of nitrogens with zero attached hydrogens (tertiary/aromatic N) is 3. The SMILES string of the molecule is Cc1cc(NC(=O)c2cc(Nc3ccc(N4CCCCC4)cc3)ccn2)no1. The Labute approximate surface area is 163 Å². The van der Waals surface area contributed by atoms with Crippen molar-refractivity contribution in [3.8, 4) is 0 Å². The summed E-state index contributed by atoms with van der Waals surface area (Å²) < 4.78 is 4.96. The molecule has 3 heterocycles. The minimum Gasteiger partial charge on any atom is -0.372 e. The van der Waals surface area contributed by atoms with Gasteiger partial charge in [0.05, 0.1) is 0 Å². The first-order valence-corrected chi connectivity index (χ1v) is 9.50. The number of piperidine rings is 1.